The van der Waals surface area contributed by atoms with Crippen molar-refractivity contribution >= 4 is 16.5 Å². The van der Waals surface area contributed by atoms with E-state index in [0.717, 1.165) is 32.1 Å². The Hall–Kier alpha value is -0.610. The Balaban J connectivity index is 2.09. The molecule has 1 aromatic heterocycles. The molecule has 0 atom stereocenters. The molecule has 1 N–H and O–H groups in total. The summed E-state index contributed by atoms with van der Waals surface area (Å²) >= 11 is 1.91. The molecule has 0 bridgehead atoms. The molecule has 20 heavy (non-hydrogen) atoms. The van der Waals surface area contributed by atoms with E-state index in [-0.39, 0.29) is 0 Å². The third-order valence-electron chi connectivity index (χ3n) is 4.17. The van der Waals surface area contributed by atoms with E-state index < -0.39 is 0 Å². The SMILES string of the molecule is CCCNCc1sc(N(CC)C2CCCC2)nc1CC. The normalized spacial score (nSPS) is 15.9. The van der Waals surface area contributed by atoms with E-state index in [0.29, 0.717) is 0 Å². The fourth-order valence-electron chi connectivity index (χ4n) is 3.05. The van der Waals surface area contributed by atoms with Crippen molar-refractivity contribution < 1.29 is 0 Å². The van der Waals surface area contributed by atoms with Crippen LogP contribution in [0.15, 0.2) is 0 Å². The first kappa shape index (κ1) is 15.8. The van der Waals surface area contributed by atoms with Crippen LogP contribution in [0.3, 0.4) is 0 Å². The summed E-state index contributed by atoms with van der Waals surface area (Å²) in [4.78, 5) is 8.91. The number of aromatic nitrogens is 1. The second-order valence-corrected chi connectivity index (χ2v) is 6.68. The van der Waals surface area contributed by atoms with Gasteiger partial charge in [-0.05, 0) is 39.2 Å². The lowest BCUT2D eigenvalue weighted by Gasteiger charge is -2.26. The third-order valence-corrected chi connectivity index (χ3v) is 5.30. The predicted octanol–water partition coefficient (Wildman–Crippen LogP) is 3.97. The second-order valence-electron chi connectivity index (χ2n) is 5.62. The summed E-state index contributed by atoms with van der Waals surface area (Å²) in [6.07, 6.45) is 7.70. The largest absolute Gasteiger partial charge is 0.345 e. The molecule has 3 nitrogen and oxygen atoms in total. The molecule has 0 saturated heterocycles. The van der Waals surface area contributed by atoms with Gasteiger partial charge in [-0.2, -0.15) is 0 Å². The lowest BCUT2D eigenvalue weighted by molar-refractivity contribution is 0.617. The van der Waals surface area contributed by atoms with Gasteiger partial charge in [0.25, 0.3) is 0 Å². The van der Waals surface area contributed by atoms with Crippen molar-refractivity contribution in [3.63, 3.8) is 0 Å². The van der Waals surface area contributed by atoms with E-state index in [1.165, 1.54) is 47.8 Å². The number of nitrogens with one attached hydrogen (secondary N) is 1. The highest BCUT2D eigenvalue weighted by Gasteiger charge is 2.24. The van der Waals surface area contributed by atoms with Gasteiger partial charge >= 0.3 is 0 Å². The summed E-state index contributed by atoms with van der Waals surface area (Å²) in [7, 11) is 0. The maximum Gasteiger partial charge on any atom is 0.186 e. The lowest BCUT2D eigenvalue weighted by Crippen LogP contribution is -2.32. The molecule has 1 aliphatic carbocycles. The zero-order valence-electron chi connectivity index (χ0n) is 13.2. The molecule has 1 fully saturated rings. The quantitative estimate of drug-likeness (QED) is 0.735. The van der Waals surface area contributed by atoms with E-state index in [9.17, 15) is 0 Å². The summed E-state index contributed by atoms with van der Waals surface area (Å²) in [6, 6.07) is 0.729. The summed E-state index contributed by atoms with van der Waals surface area (Å²) < 4.78 is 0. The standard InChI is InChI=1S/C16H29N3S/c1-4-11-17-12-15-14(5-2)18-16(20-15)19(6-3)13-9-7-8-10-13/h13,17H,4-12H2,1-3H3. The van der Waals surface area contributed by atoms with Gasteiger partial charge < -0.3 is 10.2 Å². The Kier molecular flexibility index (Phi) is 6.30. The molecule has 0 aliphatic heterocycles. The van der Waals surface area contributed by atoms with Crippen molar-refractivity contribution in [2.45, 2.75) is 71.9 Å². The van der Waals surface area contributed by atoms with Gasteiger partial charge in [0.1, 0.15) is 0 Å². The molecule has 0 spiro atoms. The Morgan fingerprint density at radius 2 is 2.00 bits per heavy atom. The molecule has 2 rings (SSSR count). The fourth-order valence-corrected chi connectivity index (χ4v) is 4.30. The molecule has 1 heterocycles. The number of aryl methyl sites for hydroxylation is 1. The Morgan fingerprint density at radius 3 is 2.60 bits per heavy atom. The molecule has 0 unspecified atom stereocenters. The van der Waals surface area contributed by atoms with Gasteiger partial charge in [0.15, 0.2) is 5.13 Å². The van der Waals surface area contributed by atoms with E-state index >= 15 is 0 Å². The maximum atomic E-state index is 4.93. The van der Waals surface area contributed by atoms with Crippen molar-refractivity contribution in [2.24, 2.45) is 0 Å². The summed E-state index contributed by atoms with van der Waals surface area (Å²) in [6.45, 7) is 9.86. The fraction of sp³-hybridized carbons (Fsp3) is 0.812. The molecule has 1 saturated carbocycles. The van der Waals surface area contributed by atoms with Gasteiger partial charge in [-0.15, -0.1) is 11.3 Å². The van der Waals surface area contributed by atoms with Crippen LogP contribution < -0.4 is 10.2 Å². The predicted molar refractivity (Wildman–Crippen MR) is 88.8 cm³/mol. The third kappa shape index (κ3) is 3.73. The van der Waals surface area contributed by atoms with Gasteiger partial charge in [-0.3, -0.25) is 0 Å². The summed E-state index contributed by atoms with van der Waals surface area (Å²) in [5, 5.41) is 4.77. The highest BCUT2D eigenvalue weighted by Crippen LogP contribution is 2.32. The van der Waals surface area contributed by atoms with E-state index in [4.69, 9.17) is 4.98 Å². The van der Waals surface area contributed by atoms with Crippen LogP contribution in [0.25, 0.3) is 0 Å². The number of hydrogen-bond acceptors (Lipinski definition) is 4. The van der Waals surface area contributed by atoms with Crippen LogP contribution in [-0.4, -0.2) is 24.1 Å². The number of thiazole rings is 1. The topological polar surface area (TPSA) is 28.2 Å². The second kappa shape index (κ2) is 7.99. The first-order valence-electron chi connectivity index (χ1n) is 8.26. The monoisotopic (exact) mass is 295 g/mol. The van der Waals surface area contributed by atoms with Crippen LogP contribution in [0.5, 0.6) is 0 Å². The van der Waals surface area contributed by atoms with E-state index in [1.54, 1.807) is 0 Å². The highest BCUT2D eigenvalue weighted by atomic mass is 32.1. The average Bonchev–Trinajstić information content (AvgIpc) is 3.10. The van der Waals surface area contributed by atoms with Crippen LogP contribution in [-0.2, 0) is 13.0 Å². The number of nitrogens with zero attached hydrogens (tertiary/aromatic N) is 2. The van der Waals surface area contributed by atoms with Crippen LogP contribution in [0, 0.1) is 0 Å². The molecular weight excluding hydrogens is 266 g/mol. The number of hydrogen-bond donors (Lipinski definition) is 1. The Bertz CT molecular complexity index is 396. The first-order chi connectivity index (χ1) is 9.80. The summed E-state index contributed by atoms with van der Waals surface area (Å²) in [5.41, 5.74) is 1.30. The van der Waals surface area contributed by atoms with Crippen LogP contribution >= 0.6 is 11.3 Å². The van der Waals surface area contributed by atoms with Crippen molar-refractivity contribution in [2.75, 3.05) is 18.0 Å². The van der Waals surface area contributed by atoms with Crippen LogP contribution in [0.2, 0.25) is 0 Å². The molecule has 1 aromatic rings. The minimum Gasteiger partial charge on any atom is -0.345 e. The highest BCUT2D eigenvalue weighted by molar-refractivity contribution is 7.15. The van der Waals surface area contributed by atoms with Crippen molar-refractivity contribution in [3.8, 4) is 0 Å². The van der Waals surface area contributed by atoms with Crippen LogP contribution in [0.1, 0.15) is 63.4 Å². The zero-order valence-corrected chi connectivity index (χ0v) is 14.1. The molecule has 0 amide bonds. The van der Waals surface area contributed by atoms with E-state index in [2.05, 4.69) is 31.0 Å². The number of anilines is 1. The number of rotatable bonds is 8. The van der Waals surface area contributed by atoms with Gasteiger partial charge in [0.05, 0.1) is 5.69 Å². The maximum absolute atomic E-state index is 4.93. The van der Waals surface area contributed by atoms with Gasteiger partial charge in [0.2, 0.25) is 0 Å². The zero-order chi connectivity index (χ0) is 14.4. The molecular formula is C16H29N3S. The molecule has 114 valence electrons. The van der Waals surface area contributed by atoms with Crippen LogP contribution in [0.4, 0.5) is 5.13 Å². The molecule has 0 radical (unpaired) electrons. The molecule has 1 aliphatic rings. The first-order valence-corrected chi connectivity index (χ1v) is 9.07. The van der Waals surface area contributed by atoms with E-state index in [1.807, 2.05) is 11.3 Å². The van der Waals surface area contributed by atoms with Crippen molar-refractivity contribution in [1.29, 1.82) is 0 Å². The minimum absolute atomic E-state index is 0.729. The van der Waals surface area contributed by atoms with Gasteiger partial charge in [-0.25, -0.2) is 4.98 Å². The van der Waals surface area contributed by atoms with Crippen molar-refractivity contribution in [3.05, 3.63) is 10.6 Å². The summed E-state index contributed by atoms with van der Waals surface area (Å²) in [5.74, 6) is 0. The minimum atomic E-state index is 0.729. The average molecular weight is 295 g/mol. The van der Waals surface area contributed by atoms with Crippen molar-refractivity contribution in [1.82, 2.24) is 10.3 Å². The Labute approximate surface area is 127 Å². The lowest BCUT2D eigenvalue weighted by atomic mass is 10.2. The van der Waals surface area contributed by atoms with Gasteiger partial charge in [0, 0.05) is 24.0 Å². The Morgan fingerprint density at radius 1 is 1.25 bits per heavy atom. The molecule has 0 aromatic carbocycles. The molecule has 4 heteroatoms. The smallest absolute Gasteiger partial charge is 0.186 e. The van der Waals surface area contributed by atoms with Gasteiger partial charge in [-0.1, -0.05) is 26.7 Å².